The molecule has 3 aromatic carbocycles. The highest BCUT2D eigenvalue weighted by atomic mass is 35.5. The average molecular weight is 654 g/mol. The van der Waals surface area contributed by atoms with E-state index in [0.29, 0.717) is 41.7 Å². The number of para-hydroxylation sites is 1. The Kier molecular flexibility index (Phi) is 9.46. The lowest BCUT2D eigenvalue weighted by molar-refractivity contribution is -0.131. The average Bonchev–Trinajstić information content (AvgIpc) is 3.66. The monoisotopic (exact) mass is 652 g/mol. The molecule has 234 valence electrons. The molecule has 1 atom stereocenters. The maximum atomic E-state index is 13.5. The van der Waals surface area contributed by atoms with Crippen molar-refractivity contribution in [2.45, 2.75) is 32.4 Å². The maximum Gasteiger partial charge on any atom is 0.234 e. The number of rotatable bonds is 10. The number of benzene rings is 3. The maximum absolute atomic E-state index is 13.5. The number of halogens is 2. The fourth-order valence-electron chi connectivity index (χ4n) is 6.19. The highest BCUT2D eigenvalue weighted by molar-refractivity contribution is 6.42. The first-order chi connectivity index (χ1) is 22.3. The Bertz CT molecular complexity index is 1990. The third kappa shape index (κ3) is 7.13. The predicted molar refractivity (Wildman–Crippen MR) is 184 cm³/mol. The normalized spacial score (nSPS) is 14.2. The van der Waals surface area contributed by atoms with Gasteiger partial charge in [0.25, 0.3) is 0 Å². The Morgan fingerprint density at radius 2 is 1.83 bits per heavy atom. The van der Waals surface area contributed by atoms with Gasteiger partial charge >= 0.3 is 0 Å². The van der Waals surface area contributed by atoms with E-state index in [1.54, 1.807) is 17.0 Å². The van der Waals surface area contributed by atoms with E-state index in [-0.39, 0.29) is 24.4 Å². The van der Waals surface area contributed by atoms with Crippen molar-refractivity contribution in [2.24, 2.45) is 0 Å². The van der Waals surface area contributed by atoms with Gasteiger partial charge in [-0.3, -0.25) is 14.5 Å². The second-order valence-electron chi connectivity index (χ2n) is 11.8. The summed E-state index contributed by atoms with van der Waals surface area (Å²) in [5.74, 6) is -0.192. The van der Waals surface area contributed by atoms with Crippen LogP contribution < -0.4 is 5.32 Å². The minimum atomic E-state index is -0.324. The fraction of sp³-hybridized carbons (Fsp3) is 0.250. The molecule has 0 saturated carbocycles. The quantitative estimate of drug-likeness (QED) is 0.156. The number of nitrogens with one attached hydrogen (secondary N) is 3. The van der Waals surface area contributed by atoms with E-state index in [4.69, 9.17) is 23.2 Å². The van der Waals surface area contributed by atoms with Gasteiger partial charge in [-0.05, 0) is 65.9 Å². The Morgan fingerprint density at radius 1 is 1.02 bits per heavy atom. The highest BCUT2D eigenvalue weighted by Gasteiger charge is 2.23. The summed E-state index contributed by atoms with van der Waals surface area (Å²) < 4.78 is 0. The van der Waals surface area contributed by atoms with Gasteiger partial charge in [-0.2, -0.15) is 5.26 Å². The van der Waals surface area contributed by atoms with Gasteiger partial charge in [-0.15, -0.1) is 0 Å². The van der Waals surface area contributed by atoms with Crippen LogP contribution in [0.3, 0.4) is 0 Å². The van der Waals surface area contributed by atoms with Crippen molar-refractivity contribution in [3.63, 3.8) is 0 Å². The van der Waals surface area contributed by atoms with E-state index in [1.807, 2.05) is 54.9 Å². The largest absolute Gasteiger partial charge is 0.361 e. The molecule has 10 heteroatoms. The summed E-state index contributed by atoms with van der Waals surface area (Å²) >= 11 is 12.4. The van der Waals surface area contributed by atoms with E-state index in [0.717, 1.165) is 51.5 Å². The van der Waals surface area contributed by atoms with Crippen molar-refractivity contribution < 1.29 is 9.59 Å². The molecular formula is C36H34Cl2N6O2. The SMILES string of the molecule is CC(=O)N(Cc1ccc(Cl)c(Cl)c1)C[C@@H](Cc1c[nH]c2ccccc12)NC(=O)CN1CC=C(c2c[nH]c3ccc(C#N)cc23)CC1. The van der Waals surface area contributed by atoms with Gasteiger partial charge in [0.2, 0.25) is 11.8 Å². The second-order valence-corrected chi connectivity index (χ2v) is 12.6. The van der Waals surface area contributed by atoms with E-state index in [2.05, 4.69) is 38.4 Å². The van der Waals surface area contributed by atoms with Crippen LogP contribution in [-0.2, 0) is 22.6 Å². The molecule has 3 N–H and O–H groups in total. The Morgan fingerprint density at radius 3 is 2.59 bits per heavy atom. The third-order valence-electron chi connectivity index (χ3n) is 8.57. The second kappa shape index (κ2) is 13.8. The third-order valence-corrected chi connectivity index (χ3v) is 9.31. The molecular weight excluding hydrogens is 619 g/mol. The van der Waals surface area contributed by atoms with E-state index in [9.17, 15) is 14.9 Å². The molecule has 0 radical (unpaired) electrons. The first-order valence-electron chi connectivity index (χ1n) is 15.2. The summed E-state index contributed by atoms with van der Waals surface area (Å²) in [5.41, 5.74) is 6.88. The number of aromatic nitrogens is 2. The van der Waals surface area contributed by atoms with Crippen LogP contribution in [0.2, 0.25) is 10.0 Å². The zero-order valence-electron chi connectivity index (χ0n) is 25.4. The highest BCUT2D eigenvalue weighted by Crippen LogP contribution is 2.30. The molecule has 2 aromatic heterocycles. The molecule has 6 rings (SSSR count). The van der Waals surface area contributed by atoms with Crippen molar-refractivity contribution >= 4 is 62.4 Å². The molecule has 0 unspecified atom stereocenters. The number of aromatic amines is 2. The minimum Gasteiger partial charge on any atom is -0.361 e. The lowest BCUT2D eigenvalue weighted by atomic mass is 9.98. The number of nitriles is 1. The van der Waals surface area contributed by atoms with Crippen LogP contribution in [-0.4, -0.2) is 63.8 Å². The first kappa shape index (κ1) is 31.4. The van der Waals surface area contributed by atoms with Crippen LogP contribution >= 0.6 is 23.2 Å². The predicted octanol–water partition coefficient (Wildman–Crippen LogP) is 6.69. The van der Waals surface area contributed by atoms with E-state index in [1.165, 1.54) is 12.5 Å². The Balaban J connectivity index is 1.16. The number of hydrogen-bond acceptors (Lipinski definition) is 4. The summed E-state index contributed by atoms with van der Waals surface area (Å²) in [6, 6.07) is 21.0. The lowest BCUT2D eigenvalue weighted by Crippen LogP contribution is -2.49. The van der Waals surface area contributed by atoms with Crippen molar-refractivity contribution in [1.82, 2.24) is 25.1 Å². The number of carbonyl (C=O) groups is 2. The molecule has 46 heavy (non-hydrogen) atoms. The Hall–Kier alpha value is -4.55. The standard InChI is InChI=1S/C36H34Cl2N6O2/c1-23(45)44(20-25-6-8-32(37)33(38)15-25)21-28(16-27-18-40-34-5-3-2-4-29(27)34)42-36(46)22-43-12-10-26(11-13-43)31-19-41-35-9-7-24(17-39)14-30(31)35/h2-10,14-15,18-19,28,40-41H,11-13,16,20-22H2,1H3,(H,42,46)/t28-/m1/s1. The summed E-state index contributed by atoms with van der Waals surface area (Å²) in [6.45, 7) is 3.82. The summed E-state index contributed by atoms with van der Waals surface area (Å²) in [5, 5.41) is 15.6. The van der Waals surface area contributed by atoms with Crippen LogP contribution in [0.1, 0.15) is 35.6 Å². The molecule has 0 fully saturated rings. The minimum absolute atomic E-state index is 0.0921. The Labute approximate surface area is 277 Å². The van der Waals surface area contributed by atoms with Crippen LogP contribution in [0.4, 0.5) is 0 Å². The molecule has 0 saturated heterocycles. The van der Waals surface area contributed by atoms with Crippen LogP contribution in [0.15, 0.2) is 79.1 Å². The fourth-order valence-corrected chi connectivity index (χ4v) is 6.51. The smallest absolute Gasteiger partial charge is 0.234 e. The van der Waals surface area contributed by atoms with Gasteiger partial charge < -0.3 is 20.2 Å². The van der Waals surface area contributed by atoms with Gasteiger partial charge in [0.15, 0.2) is 0 Å². The zero-order chi connectivity index (χ0) is 32.2. The van der Waals surface area contributed by atoms with Gasteiger partial charge in [-0.1, -0.05) is 53.5 Å². The number of nitrogens with zero attached hydrogens (tertiary/aromatic N) is 3. The first-order valence-corrected chi connectivity index (χ1v) is 16.0. The van der Waals surface area contributed by atoms with Crippen molar-refractivity contribution in [3.05, 3.63) is 111 Å². The molecule has 1 aliphatic heterocycles. The number of H-pyrrole nitrogens is 2. The summed E-state index contributed by atoms with van der Waals surface area (Å²) in [7, 11) is 0. The van der Waals surface area contributed by atoms with Crippen molar-refractivity contribution in [2.75, 3.05) is 26.2 Å². The van der Waals surface area contributed by atoms with Crippen LogP contribution in [0.5, 0.6) is 0 Å². The van der Waals surface area contributed by atoms with E-state index < -0.39 is 0 Å². The number of amides is 2. The number of hydrogen-bond donors (Lipinski definition) is 3. The van der Waals surface area contributed by atoms with Gasteiger partial charge in [-0.25, -0.2) is 0 Å². The molecule has 1 aliphatic rings. The molecule has 0 aliphatic carbocycles. The number of carbonyl (C=O) groups excluding carboxylic acids is 2. The number of fused-ring (bicyclic) bond motifs is 2. The topological polar surface area (TPSA) is 108 Å². The molecule has 0 spiro atoms. The van der Waals surface area contributed by atoms with Crippen LogP contribution in [0, 0.1) is 11.3 Å². The van der Waals surface area contributed by atoms with E-state index >= 15 is 0 Å². The molecule has 5 aromatic rings. The van der Waals surface area contributed by atoms with Gasteiger partial charge in [0.05, 0.1) is 34.3 Å². The summed E-state index contributed by atoms with van der Waals surface area (Å²) in [4.78, 5) is 36.8. The van der Waals surface area contributed by atoms with Crippen LogP contribution in [0.25, 0.3) is 27.4 Å². The molecule has 8 nitrogen and oxygen atoms in total. The lowest BCUT2D eigenvalue weighted by Gasteiger charge is -2.30. The van der Waals surface area contributed by atoms with Crippen molar-refractivity contribution in [3.8, 4) is 6.07 Å². The van der Waals surface area contributed by atoms with Gasteiger partial charge in [0.1, 0.15) is 0 Å². The molecule has 3 heterocycles. The van der Waals surface area contributed by atoms with Crippen molar-refractivity contribution in [1.29, 1.82) is 5.26 Å². The molecule has 2 amide bonds. The van der Waals surface area contributed by atoms with Gasteiger partial charge in [0, 0.05) is 72.9 Å². The summed E-state index contributed by atoms with van der Waals surface area (Å²) in [6.07, 6.45) is 7.47. The molecule has 0 bridgehead atoms. The zero-order valence-corrected chi connectivity index (χ0v) is 27.0.